The van der Waals surface area contributed by atoms with Crippen molar-refractivity contribution >= 4 is 17.4 Å². The summed E-state index contributed by atoms with van der Waals surface area (Å²) < 4.78 is 14.6. The lowest BCUT2D eigenvalue weighted by Crippen LogP contribution is -2.26. The molecule has 0 spiro atoms. The number of halogens is 1. The second-order valence-corrected chi connectivity index (χ2v) is 5.37. The van der Waals surface area contributed by atoms with Gasteiger partial charge in [0.25, 0.3) is 0 Å². The van der Waals surface area contributed by atoms with Gasteiger partial charge in [0, 0.05) is 30.8 Å². The van der Waals surface area contributed by atoms with Crippen molar-refractivity contribution in [2.24, 2.45) is 0 Å². The van der Waals surface area contributed by atoms with E-state index in [4.69, 9.17) is 0 Å². The van der Waals surface area contributed by atoms with Crippen LogP contribution in [0.4, 0.5) is 10.1 Å². The van der Waals surface area contributed by atoms with Crippen molar-refractivity contribution < 1.29 is 14.0 Å². The third-order valence-electron chi connectivity index (χ3n) is 3.85. The van der Waals surface area contributed by atoms with Gasteiger partial charge in [-0.05, 0) is 37.6 Å². The summed E-state index contributed by atoms with van der Waals surface area (Å²) in [7, 11) is 1.56. The third-order valence-corrected chi connectivity index (χ3v) is 3.85. The summed E-state index contributed by atoms with van der Waals surface area (Å²) >= 11 is 0. The van der Waals surface area contributed by atoms with Crippen LogP contribution in [0.5, 0.6) is 0 Å². The SMILES string of the molecule is CCC(=O)N(C)c1ccc(-c2ccc(C(C)=O)cn2)c(C)c1F. The molecule has 0 aliphatic carbocycles. The molecule has 2 aromatic rings. The Morgan fingerprint density at radius 1 is 1.22 bits per heavy atom. The first-order valence-corrected chi connectivity index (χ1v) is 7.39. The summed E-state index contributed by atoms with van der Waals surface area (Å²) in [6.45, 7) is 4.86. The zero-order valence-corrected chi connectivity index (χ0v) is 13.7. The van der Waals surface area contributed by atoms with Gasteiger partial charge < -0.3 is 4.90 Å². The van der Waals surface area contributed by atoms with Gasteiger partial charge in [-0.15, -0.1) is 0 Å². The van der Waals surface area contributed by atoms with Crippen LogP contribution in [0, 0.1) is 12.7 Å². The van der Waals surface area contributed by atoms with Crippen LogP contribution in [0.15, 0.2) is 30.5 Å². The smallest absolute Gasteiger partial charge is 0.226 e. The Morgan fingerprint density at radius 3 is 2.43 bits per heavy atom. The first-order chi connectivity index (χ1) is 10.9. The number of hydrogen-bond donors (Lipinski definition) is 0. The van der Waals surface area contributed by atoms with E-state index >= 15 is 0 Å². The lowest BCUT2D eigenvalue weighted by Gasteiger charge is -2.19. The van der Waals surface area contributed by atoms with Crippen molar-refractivity contribution in [3.05, 3.63) is 47.4 Å². The van der Waals surface area contributed by atoms with Crippen LogP contribution in [0.3, 0.4) is 0 Å². The highest BCUT2D eigenvalue weighted by atomic mass is 19.1. The highest BCUT2D eigenvalue weighted by Gasteiger charge is 2.18. The van der Waals surface area contributed by atoms with Crippen LogP contribution in [0.25, 0.3) is 11.3 Å². The van der Waals surface area contributed by atoms with Gasteiger partial charge in [0.15, 0.2) is 5.78 Å². The minimum absolute atomic E-state index is 0.0676. The average molecular weight is 314 g/mol. The van der Waals surface area contributed by atoms with Gasteiger partial charge in [-0.1, -0.05) is 13.0 Å². The standard InChI is InChI=1S/C18H19FN2O2/c1-5-17(23)21(4)16-9-7-14(11(2)18(16)19)15-8-6-13(10-20-15)12(3)22/h6-10H,5H2,1-4H3. The Hall–Kier alpha value is -2.56. The summed E-state index contributed by atoms with van der Waals surface area (Å²) in [4.78, 5) is 28.6. The predicted molar refractivity (Wildman–Crippen MR) is 88.1 cm³/mol. The fourth-order valence-electron chi connectivity index (χ4n) is 2.34. The molecule has 1 heterocycles. The fourth-order valence-corrected chi connectivity index (χ4v) is 2.34. The van der Waals surface area contributed by atoms with E-state index in [9.17, 15) is 14.0 Å². The van der Waals surface area contributed by atoms with Gasteiger partial charge >= 0.3 is 0 Å². The van der Waals surface area contributed by atoms with E-state index in [1.54, 1.807) is 45.2 Å². The average Bonchev–Trinajstić information content (AvgIpc) is 2.56. The minimum atomic E-state index is -0.441. The largest absolute Gasteiger partial charge is 0.313 e. The molecule has 1 aromatic heterocycles. The molecule has 0 radical (unpaired) electrons. The van der Waals surface area contributed by atoms with Gasteiger partial charge in [0.05, 0.1) is 11.4 Å². The molecular formula is C18H19FN2O2. The number of Topliss-reactive ketones (excluding diaryl/α,β-unsaturated/α-hetero) is 1. The van der Waals surface area contributed by atoms with Crippen LogP contribution < -0.4 is 4.90 Å². The number of benzene rings is 1. The van der Waals surface area contributed by atoms with E-state index in [-0.39, 0.29) is 17.4 Å². The van der Waals surface area contributed by atoms with Crippen molar-refractivity contribution in [1.29, 1.82) is 0 Å². The highest BCUT2D eigenvalue weighted by Crippen LogP contribution is 2.30. The summed E-state index contributed by atoms with van der Waals surface area (Å²) in [5, 5.41) is 0. The molecule has 0 bridgehead atoms. The van der Waals surface area contributed by atoms with E-state index in [0.717, 1.165) is 0 Å². The summed E-state index contributed by atoms with van der Waals surface area (Å²) in [5.41, 5.74) is 2.40. The molecule has 0 aliphatic rings. The van der Waals surface area contributed by atoms with Gasteiger partial charge in [0.1, 0.15) is 5.82 Å². The molecule has 0 saturated heterocycles. The lowest BCUT2D eigenvalue weighted by molar-refractivity contribution is -0.118. The van der Waals surface area contributed by atoms with Crippen LogP contribution in [0.2, 0.25) is 0 Å². The van der Waals surface area contributed by atoms with Gasteiger partial charge in [-0.3, -0.25) is 14.6 Å². The van der Waals surface area contributed by atoms with E-state index in [2.05, 4.69) is 4.98 Å². The third kappa shape index (κ3) is 3.28. The van der Waals surface area contributed by atoms with Crippen LogP contribution in [-0.2, 0) is 4.79 Å². The quantitative estimate of drug-likeness (QED) is 0.807. The number of hydrogen-bond acceptors (Lipinski definition) is 3. The number of ketones is 1. The number of nitrogens with zero attached hydrogens (tertiary/aromatic N) is 2. The number of carbonyl (C=O) groups is 2. The zero-order chi connectivity index (χ0) is 17.1. The first-order valence-electron chi connectivity index (χ1n) is 7.39. The molecule has 120 valence electrons. The maximum Gasteiger partial charge on any atom is 0.226 e. The molecule has 23 heavy (non-hydrogen) atoms. The highest BCUT2D eigenvalue weighted by molar-refractivity contribution is 5.94. The Balaban J connectivity index is 2.44. The van der Waals surface area contributed by atoms with Crippen molar-refractivity contribution in [2.75, 3.05) is 11.9 Å². The van der Waals surface area contributed by atoms with E-state index in [1.165, 1.54) is 18.0 Å². The number of anilines is 1. The fraction of sp³-hybridized carbons (Fsp3) is 0.278. The van der Waals surface area contributed by atoms with Gasteiger partial charge in [-0.2, -0.15) is 0 Å². The molecule has 0 atom stereocenters. The molecule has 0 N–H and O–H groups in total. The summed E-state index contributed by atoms with van der Waals surface area (Å²) in [6.07, 6.45) is 1.79. The molecule has 1 amide bonds. The number of rotatable bonds is 4. The Kier molecular flexibility index (Phi) is 4.89. The van der Waals surface area contributed by atoms with Gasteiger partial charge in [0.2, 0.25) is 5.91 Å². The minimum Gasteiger partial charge on any atom is -0.313 e. The molecule has 0 unspecified atom stereocenters. The van der Waals surface area contributed by atoms with Crippen LogP contribution in [0.1, 0.15) is 36.2 Å². The maximum absolute atomic E-state index is 14.6. The van der Waals surface area contributed by atoms with Crippen molar-refractivity contribution in [1.82, 2.24) is 4.98 Å². The molecular weight excluding hydrogens is 295 g/mol. The van der Waals surface area contributed by atoms with E-state index in [0.29, 0.717) is 28.8 Å². The summed E-state index contributed by atoms with van der Waals surface area (Å²) in [5.74, 6) is -0.661. The number of carbonyl (C=O) groups excluding carboxylic acids is 2. The van der Waals surface area contributed by atoms with Crippen molar-refractivity contribution in [3.8, 4) is 11.3 Å². The van der Waals surface area contributed by atoms with Crippen LogP contribution >= 0.6 is 0 Å². The second kappa shape index (κ2) is 6.69. The monoisotopic (exact) mass is 314 g/mol. The van der Waals surface area contributed by atoms with E-state index in [1.807, 2.05) is 0 Å². The topological polar surface area (TPSA) is 50.3 Å². The summed E-state index contributed by atoms with van der Waals surface area (Å²) in [6, 6.07) is 6.68. The van der Waals surface area contributed by atoms with Gasteiger partial charge in [-0.25, -0.2) is 4.39 Å². The molecule has 0 fully saturated rings. The molecule has 0 saturated carbocycles. The molecule has 5 heteroatoms. The normalized spacial score (nSPS) is 10.5. The first kappa shape index (κ1) is 16.8. The number of aromatic nitrogens is 1. The lowest BCUT2D eigenvalue weighted by atomic mass is 10.0. The molecule has 1 aromatic carbocycles. The van der Waals surface area contributed by atoms with Crippen molar-refractivity contribution in [3.63, 3.8) is 0 Å². The van der Waals surface area contributed by atoms with E-state index < -0.39 is 5.82 Å². The number of amides is 1. The van der Waals surface area contributed by atoms with Crippen LogP contribution in [-0.4, -0.2) is 23.7 Å². The second-order valence-electron chi connectivity index (χ2n) is 5.37. The predicted octanol–water partition coefficient (Wildman–Crippen LogP) is 3.77. The number of pyridine rings is 1. The Morgan fingerprint density at radius 2 is 1.91 bits per heavy atom. The Bertz CT molecular complexity index is 754. The Labute approximate surface area is 135 Å². The zero-order valence-electron chi connectivity index (χ0n) is 13.7. The molecule has 4 nitrogen and oxygen atoms in total. The molecule has 2 rings (SSSR count). The molecule has 0 aliphatic heterocycles. The van der Waals surface area contributed by atoms with Crippen molar-refractivity contribution in [2.45, 2.75) is 27.2 Å². The maximum atomic E-state index is 14.6.